The lowest BCUT2D eigenvalue weighted by atomic mass is 9.94. The number of hydrogen-bond acceptors (Lipinski definition) is 4. The molecule has 1 heterocycles. The first kappa shape index (κ1) is 19.5. The molecule has 1 fully saturated rings. The van der Waals surface area contributed by atoms with Crippen LogP contribution in [-0.4, -0.2) is 59.7 Å². The van der Waals surface area contributed by atoms with Gasteiger partial charge in [0.2, 0.25) is 0 Å². The number of carbonyl (C=O) groups is 3. The number of fused-ring (bicyclic) bond motifs is 1. The summed E-state index contributed by atoms with van der Waals surface area (Å²) in [5.41, 5.74) is 1.21. The fourth-order valence-electron chi connectivity index (χ4n) is 4.04. The molecule has 1 saturated carbocycles. The third-order valence-corrected chi connectivity index (χ3v) is 5.73. The Morgan fingerprint density at radius 3 is 2.41 bits per heavy atom. The molecule has 0 saturated heterocycles. The molecule has 1 aliphatic carbocycles. The summed E-state index contributed by atoms with van der Waals surface area (Å²) in [5.74, 6) is -0.670. The first-order chi connectivity index (χ1) is 13.1. The zero-order valence-electron chi connectivity index (χ0n) is 16.3. The lowest BCUT2D eigenvalue weighted by Crippen LogP contribution is -2.40. The molecule has 0 spiro atoms. The lowest BCUT2D eigenvalue weighted by Gasteiger charge is -2.29. The Bertz CT molecular complexity index is 721. The van der Waals surface area contributed by atoms with Crippen molar-refractivity contribution in [2.45, 2.75) is 52.0 Å². The summed E-state index contributed by atoms with van der Waals surface area (Å²) in [6.07, 6.45) is 5.03. The highest BCUT2D eigenvalue weighted by Crippen LogP contribution is 2.31. The van der Waals surface area contributed by atoms with Crippen LogP contribution in [0.15, 0.2) is 18.2 Å². The van der Waals surface area contributed by atoms with Gasteiger partial charge in [0.25, 0.3) is 17.7 Å². The van der Waals surface area contributed by atoms with E-state index < -0.39 is 0 Å². The molecule has 3 rings (SSSR count). The maximum Gasteiger partial charge on any atom is 0.261 e. The summed E-state index contributed by atoms with van der Waals surface area (Å²) >= 11 is 0. The number of rotatable bonds is 7. The second kappa shape index (κ2) is 8.65. The number of likely N-dealkylation sites (N-methyl/N-ethyl adjacent to an activating group) is 1. The smallest absolute Gasteiger partial charge is 0.261 e. The van der Waals surface area contributed by atoms with Crippen LogP contribution in [0, 0.1) is 0 Å². The van der Waals surface area contributed by atoms with Crippen LogP contribution < -0.4 is 5.32 Å². The quantitative estimate of drug-likeness (QED) is 0.748. The Morgan fingerprint density at radius 1 is 1.07 bits per heavy atom. The maximum atomic E-state index is 12.8. The van der Waals surface area contributed by atoms with E-state index in [-0.39, 0.29) is 23.8 Å². The van der Waals surface area contributed by atoms with Crippen molar-refractivity contribution in [2.24, 2.45) is 0 Å². The van der Waals surface area contributed by atoms with Crippen molar-refractivity contribution in [3.8, 4) is 0 Å². The predicted octanol–water partition coefficient (Wildman–Crippen LogP) is 2.69. The first-order valence-electron chi connectivity index (χ1n) is 10.1. The summed E-state index contributed by atoms with van der Waals surface area (Å²) in [6.45, 7) is 7.41. The molecule has 0 bridgehead atoms. The summed E-state index contributed by atoms with van der Waals surface area (Å²) < 4.78 is 0. The van der Waals surface area contributed by atoms with Crippen LogP contribution in [0.3, 0.4) is 0 Å². The van der Waals surface area contributed by atoms with E-state index in [9.17, 15) is 14.4 Å². The number of carbonyl (C=O) groups excluding carboxylic acids is 3. The van der Waals surface area contributed by atoms with Gasteiger partial charge < -0.3 is 10.2 Å². The van der Waals surface area contributed by atoms with Gasteiger partial charge in [-0.25, -0.2) is 0 Å². The van der Waals surface area contributed by atoms with Crippen molar-refractivity contribution in [3.05, 3.63) is 34.9 Å². The van der Waals surface area contributed by atoms with E-state index in [1.807, 2.05) is 0 Å². The third-order valence-electron chi connectivity index (χ3n) is 5.73. The lowest BCUT2D eigenvalue weighted by molar-refractivity contribution is 0.0549. The minimum absolute atomic E-state index is 0.00232. The Morgan fingerprint density at radius 2 is 1.74 bits per heavy atom. The van der Waals surface area contributed by atoms with E-state index in [2.05, 4.69) is 24.1 Å². The molecule has 2 aliphatic rings. The topological polar surface area (TPSA) is 69.7 Å². The number of hydrogen-bond donors (Lipinski definition) is 1. The van der Waals surface area contributed by atoms with E-state index in [4.69, 9.17) is 0 Å². The maximum absolute atomic E-state index is 12.8. The zero-order chi connectivity index (χ0) is 19.4. The summed E-state index contributed by atoms with van der Waals surface area (Å²) in [7, 11) is 0. The van der Waals surface area contributed by atoms with Gasteiger partial charge in [-0.15, -0.1) is 0 Å². The Labute approximate surface area is 160 Å². The van der Waals surface area contributed by atoms with Gasteiger partial charge in [0.1, 0.15) is 0 Å². The number of amides is 3. The van der Waals surface area contributed by atoms with Gasteiger partial charge in [0, 0.05) is 24.7 Å². The van der Waals surface area contributed by atoms with Crippen LogP contribution in [0.25, 0.3) is 0 Å². The third kappa shape index (κ3) is 4.05. The molecule has 0 unspecified atom stereocenters. The predicted molar refractivity (Wildman–Crippen MR) is 104 cm³/mol. The highest BCUT2D eigenvalue weighted by molar-refractivity contribution is 6.22. The fraction of sp³-hybridized carbons (Fsp3) is 0.571. The normalized spacial score (nSPS) is 17.5. The fourth-order valence-corrected chi connectivity index (χ4v) is 4.04. The number of nitrogens with zero attached hydrogens (tertiary/aromatic N) is 2. The molecule has 6 nitrogen and oxygen atoms in total. The molecule has 1 aromatic rings. The number of benzene rings is 1. The number of nitrogens with one attached hydrogen (secondary N) is 1. The molecule has 6 heteroatoms. The van der Waals surface area contributed by atoms with Crippen LogP contribution >= 0.6 is 0 Å². The average molecular weight is 371 g/mol. The minimum atomic E-state index is -0.250. The molecule has 0 radical (unpaired) electrons. The van der Waals surface area contributed by atoms with E-state index in [0.29, 0.717) is 23.2 Å². The molecule has 0 aromatic heterocycles. The molecule has 0 atom stereocenters. The SMILES string of the molecule is CCN(CC)CCNC(=O)c1ccc2c(c1)C(=O)N(C1CCCCC1)C2=O. The van der Waals surface area contributed by atoms with Gasteiger partial charge in [0.05, 0.1) is 11.1 Å². The Balaban J connectivity index is 1.69. The van der Waals surface area contributed by atoms with Gasteiger partial charge in [-0.05, 0) is 44.1 Å². The van der Waals surface area contributed by atoms with Crippen molar-refractivity contribution in [1.29, 1.82) is 0 Å². The van der Waals surface area contributed by atoms with Gasteiger partial charge in [-0.3, -0.25) is 19.3 Å². The molecule has 1 aliphatic heterocycles. The molecular weight excluding hydrogens is 342 g/mol. The van der Waals surface area contributed by atoms with Crippen LogP contribution in [0.4, 0.5) is 0 Å². The standard InChI is InChI=1S/C21H29N3O3/c1-3-23(4-2)13-12-22-19(25)15-10-11-17-18(14-15)21(27)24(20(17)26)16-8-6-5-7-9-16/h10-11,14,16H,3-9,12-13H2,1-2H3,(H,22,25). The van der Waals surface area contributed by atoms with Gasteiger partial charge in [-0.1, -0.05) is 33.1 Å². The van der Waals surface area contributed by atoms with Crippen LogP contribution in [0.5, 0.6) is 0 Å². The van der Waals surface area contributed by atoms with Crippen LogP contribution in [0.2, 0.25) is 0 Å². The van der Waals surface area contributed by atoms with Gasteiger partial charge in [-0.2, -0.15) is 0 Å². The van der Waals surface area contributed by atoms with Crippen molar-refractivity contribution < 1.29 is 14.4 Å². The molecule has 146 valence electrons. The monoisotopic (exact) mass is 371 g/mol. The summed E-state index contributed by atoms with van der Waals surface area (Å²) in [4.78, 5) is 41.6. The molecule has 1 N–H and O–H groups in total. The Kier molecular flexibility index (Phi) is 6.26. The van der Waals surface area contributed by atoms with E-state index >= 15 is 0 Å². The van der Waals surface area contributed by atoms with E-state index in [1.165, 1.54) is 4.90 Å². The van der Waals surface area contributed by atoms with Crippen molar-refractivity contribution in [1.82, 2.24) is 15.1 Å². The molecule has 1 aromatic carbocycles. The van der Waals surface area contributed by atoms with Crippen molar-refractivity contribution in [3.63, 3.8) is 0 Å². The van der Waals surface area contributed by atoms with Crippen LogP contribution in [0.1, 0.15) is 77.0 Å². The van der Waals surface area contributed by atoms with Gasteiger partial charge >= 0.3 is 0 Å². The first-order valence-corrected chi connectivity index (χ1v) is 10.1. The molecule has 3 amide bonds. The summed E-state index contributed by atoms with van der Waals surface area (Å²) in [5, 5.41) is 2.90. The highest BCUT2D eigenvalue weighted by Gasteiger charge is 2.40. The largest absolute Gasteiger partial charge is 0.351 e. The van der Waals surface area contributed by atoms with Crippen molar-refractivity contribution in [2.75, 3.05) is 26.2 Å². The van der Waals surface area contributed by atoms with Gasteiger partial charge in [0.15, 0.2) is 0 Å². The van der Waals surface area contributed by atoms with Crippen molar-refractivity contribution >= 4 is 17.7 Å². The summed E-state index contributed by atoms with van der Waals surface area (Å²) in [6, 6.07) is 4.83. The second-order valence-electron chi connectivity index (χ2n) is 7.32. The van der Waals surface area contributed by atoms with E-state index in [0.717, 1.165) is 51.7 Å². The second-order valence-corrected chi connectivity index (χ2v) is 7.32. The molecule has 27 heavy (non-hydrogen) atoms. The van der Waals surface area contributed by atoms with Crippen LogP contribution in [-0.2, 0) is 0 Å². The average Bonchev–Trinajstić information content (AvgIpc) is 2.95. The number of imide groups is 1. The Hall–Kier alpha value is -2.21. The van der Waals surface area contributed by atoms with E-state index in [1.54, 1.807) is 18.2 Å². The molecular formula is C21H29N3O3. The minimum Gasteiger partial charge on any atom is -0.351 e. The zero-order valence-corrected chi connectivity index (χ0v) is 16.3. The highest BCUT2D eigenvalue weighted by atomic mass is 16.2.